The van der Waals surface area contributed by atoms with Crippen LogP contribution in [0.15, 0.2) is 0 Å². The lowest BCUT2D eigenvalue weighted by atomic mass is 10.4. The van der Waals surface area contributed by atoms with Crippen molar-refractivity contribution < 1.29 is 8.91 Å². The minimum absolute atomic E-state index is 0.947. The van der Waals surface area contributed by atoms with Gasteiger partial charge in [0.2, 0.25) is 0 Å². The van der Waals surface area contributed by atoms with Gasteiger partial charge in [0.15, 0.2) is 8.32 Å². The van der Waals surface area contributed by atoms with Gasteiger partial charge in [-0.05, 0) is 25.1 Å². The van der Waals surface area contributed by atoms with Gasteiger partial charge in [-0.1, -0.05) is 20.8 Å². The Labute approximate surface area is 97.3 Å². The van der Waals surface area contributed by atoms with Crippen LogP contribution in [-0.2, 0) is 4.43 Å². The first kappa shape index (κ1) is 15.1. The lowest BCUT2D eigenvalue weighted by Crippen LogP contribution is -2.45. The van der Waals surface area contributed by atoms with E-state index in [-0.39, 0.29) is 0 Å². The number of nitrogens with zero attached hydrogens (tertiary/aromatic N) is 1. The van der Waals surface area contributed by atoms with Crippen molar-refractivity contribution in [2.24, 2.45) is 0 Å². The van der Waals surface area contributed by atoms with E-state index in [1.54, 1.807) is 0 Å². The van der Waals surface area contributed by atoms with Crippen LogP contribution in [0.5, 0.6) is 0 Å². The molecule has 0 amide bonds. The van der Waals surface area contributed by atoms with Crippen LogP contribution in [0.2, 0.25) is 18.1 Å². The Morgan fingerprint density at radius 1 is 0.933 bits per heavy atom. The summed E-state index contributed by atoms with van der Waals surface area (Å²) in [7, 11) is 3.21. The fourth-order valence-corrected chi connectivity index (χ4v) is 4.36. The second kappa shape index (κ2) is 6.66. The summed E-state index contributed by atoms with van der Waals surface area (Å²) in [6.07, 6.45) is 0. The van der Waals surface area contributed by atoms with Gasteiger partial charge in [-0.15, -0.1) is 0 Å². The third-order valence-electron chi connectivity index (χ3n) is 3.89. The quantitative estimate of drug-likeness (QED) is 0.461. The standard InChI is InChI=1S/C12H30NOSi/c1-7-13(5,6)11-12-14-15(8-2,9-3)10-4/h7-12H2,1-6H3/q+1. The Morgan fingerprint density at radius 3 is 1.73 bits per heavy atom. The summed E-state index contributed by atoms with van der Waals surface area (Å²) < 4.78 is 7.31. The van der Waals surface area contributed by atoms with Gasteiger partial charge in [-0.25, -0.2) is 0 Å². The first-order valence-corrected chi connectivity index (χ1v) is 8.94. The van der Waals surface area contributed by atoms with Crippen molar-refractivity contribution in [2.75, 3.05) is 33.8 Å². The Kier molecular flexibility index (Phi) is 6.72. The summed E-state index contributed by atoms with van der Waals surface area (Å²) in [5, 5.41) is 0. The maximum absolute atomic E-state index is 6.24. The molecule has 0 fully saturated rings. The number of quaternary nitrogens is 1. The molecule has 0 aromatic heterocycles. The second-order valence-electron chi connectivity index (χ2n) is 5.07. The highest BCUT2D eigenvalue weighted by atomic mass is 28.4. The van der Waals surface area contributed by atoms with E-state index in [0.29, 0.717) is 0 Å². The fourth-order valence-electron chi connectivity index (χ4n) is 1.72. The minimum Gasteiger partial charge on any atom is -0.411 e. The Bertz CT molecular complexity index is 159. The third-order valence-corrected chi connectivity index (χ3v) is 8.58. The van der Waals surface area contributed by atoms with Gasteiger partial charge in [0.05, 0.1) is 27.2 Å². The normalized spacial score (nSPS) is 13.2. The molecule has 0 saturated heterocycles. The molecule has 0 unspecified atom stereocenters. The molecule has 0 aromatic rings. The van der Waals surface area contributed by atoms with Crippen LogP contribution in [0.25, 0.3) is 0 Å². The predicted octanol–water partition coefficient (Wildman–Crippen LogP) is 3.10. The summed E-state index contributed by atoms with van der Waals surface area (Å²) >= 11 is 0. The van der Waals surface area contributed by atoms with E-state index in [4.69, 9.17) is 4.43 Å². The highest BCUT2D eigenvalue weighted by molar-refractivity contribution is 6.73. The van der Waals surface area contributed by atoms with Crippen LogP contribution >= 0.6 is 0 Å². The molecule has 0 N–H and O–H groups in total. The number of likely N-dealkylation sites (N-methyl/N-ethyl adjacent to an activating group) is 1. The molecule has 0 saturated carbocycles. The molecule has 0 aliphatic carbocycles. The van der Waals surface area contributed by atoms with Gasteiger partial charge in [0, 0.05) is 0 Å². The highest BCUT2D eigenvalue weighted by Crippen LogP contribution is 2.21. The van der Waals surface area contributed by atoms with Crippen molar-refractivity contribution in [1.29, 1.82) is 0 Å². The number of hydrogen-bond acceptors (Lipinski definition) is 1. The first-order valence-electron chi connectivity index (χ1n) is 6.41. The van der Waals surface area contributed by atoms with Crippen molar-refractivity contribution in [3.8, 4) is 0 Å². The lowest BCUT2D eigenvalue weighted by molar-refractivity contribution is -0.888. The van der Waals surface area contributed by atoms with Crippen LogP contribution in [0.4, 0.5) is 0 Å². The molecule has 0 atom stereocenters. The van der Waals surface area contributed by atoms with Crippen molar-refractivity contribution in [1.82, 2.24) is 0 Å². The molecule has 0 spiro atoms. The summed E-state index contributed by atoms with van der Waals surface area (Å²) in [4.78, 5) is 0. The van der Waals surface area contributed by atoms with E-state index < -0.39 is 8.32 Å². The number of rotatable bonds is 8. The Hall–Kier alpha value is 0.137. The van der Waals surface area contributed by atoms with Crippen LogP contribution < -0.4 is 0 Å². The molecule has 15 heavy (non-hydrogen) atoms. The van der Waals surface area contributed by atoms with Gasteiger partial charge < -0.3 is 8.91 Å². The summed E-state index contributed by atoms with van der Waals surface area (Å²) in [5.74, 6) is 0. The fraction of sp³-hybridized carbons (Fsp3) is 1.00. The second-order valence-corrected chi connectivity index (χ2v) is 9.84. The zero-order chi connectivity index (χ0) is 11.9. The molecule has 0 rings (SSSR count). The molecule has 2 nitrogen and oxygen atoms in total. The average molecular weight is 232 g/mol. The zero-order valence-corrected chi connectivity index (χ0v) is 12.6. The minimum atomic E-state index is -1.34. The van der Waals surface area contributed by atoms with Crippen molar-refractivity contribution in [3.63, 3.8) is 0 Å². The molecule has 92 valence electrons. The van der Waals surface area contributed by atoms with Crippen molar-refractivity contribution in [2.45, 2.75) is 45.8 Å². The zero-order valence-electron chi connectivity index (χ0n) is 11.6. The molecule has 0 heterocycles. The molecule has 0 aromatic carbocycles. The van der Waals surface area contributed by atoms with E-state index in [1.165, 1.54) is 24.7 Å². The molecule has 3 heteroatoms. The highest BCUT2D eigenvalue weighted by Gasteiger charge is 2.29. The maximum atomic E-state index is 6.24. The summed E-state index contributed by atoms with van der Waals surface area (Å²) in [5.41, 5.74) is 0. The van der Waals surface area contributed by atoms with E-state index in [0.717, 1.165) is 17.6 Å². The van der Waals surface area contributed by atoms with Gasteiger partial charge >= 0.3 is 0 Å². The largest absolute Gasteiger partial charge is 0.411 e. The Morgan fingerprint density at radius 2 is 1.40 bits per heavy atom. The van der Waals surface area contributed by atoms with Crippen LogP contribution in [0.3, 0.4) is 0 Å². The van der Waals surface area contributed by atoms with E-state index in [1.807, 2.05) is 0 Å². The smallest absolute Gasteiger partial charge is 0.192 e. The van der Waals surface area contributed by atoms with E-state index >= 15 is 0 Å². The average Bonchev–Trinajstić information content (AvgIpc) is 2.25. The van der Waals surface area contributed by atoms with E-state index in [9.17, 15) is 0 Å². The monoisotopic (exact) mass is 232 g/mol. The molecule has 0 aliphatic heterocycles. The van der Waals surface area contributed by atoms with E-state index in [2.05, 4.69) is 41.8 Å². The van der Waals surface area contributed by atoms with Crippen molar-refractivity contribution >= 4 is 8.32 Å². The molecular formula is C12H30NOSi+. The molecular weight excluding hydrogens is 202 g/mol. The molecule has 0 radical (unpaired) electrons. The SMILES string of the molecule is CC[N+](C)(C)CCO[Si](CC)(CC)CC. The van der Waals surface area contributed by atoms with Gasteiger partial charge in [0.1, 0.15) is 6.54 Å². The first-order chi connectivity index (χ1) is 6.95. The van der Waals surface area contributed by atoms with Crippen LogP contribution in [-0.4, -0.2) is 46.6 Å². The maximum Gasteiger partial charge on any atom is 0.192 e. The topological polar surface area (TPSA) is 9.23 Å². The van der Waals surface area contributed by atoms with Crippen LogP contribution in [0, 0.1) is 0 Å². The van der Waals surface area contributed by atoms with Crippen molar-refractivity contribution in [3.05, 3.63) is 0 Å². The summed E-state index contributed by atoms with van der Waals surface area (Å²) in [6.45, 7) is 12.4. The molecule has 0 bridgehead atoms. The summed E-state index contributed by atoms with van der Waals surface area (Å²) in [6, 6.07) is 3.79. The predicted molar refractivity (Wildman–Crippen MR) is 70.7 cm³/mol. The lowest BCUT2D eigenvalue weighted by Gasteiger charge is -2.32. The number of hydrogen-bond donors (Lipinski definition) is 0. The van der Waals surface area contributed by atoms with Gasteiger partial charge in [-0.2, -0.15) is 0 Å². The van der Waals surface area contributed by atoms with Gasteiger partial charge in [0.25, 0.3) is 0 Å². The van der Waals surface area contributed by atoms with Gasteiger partial charge in [-0.3, -0.25) is 0 Å². The third kappa shape index (κ3) is 5.14. The Balaban J connectivity index is 4.02. The molecule has 0 aliphatic rings. The van der Waals surface area contributed by atoms with Crippen LogP contribution in [0.1, 0.15) is 27.7 Å².